The molecule has 0 atom stereocenters. The molecule has 1 aromatic heterocycles. The average molecular weight is 402 g/mol. The molecule has 0 aliphatic heterocycles. The van der Waals surface area contributed by atoms with Gasteiger partial charge in [-0.25, -0.2) is 13.4 Å². The van der Waals surface area contributed by atoms with Crippen molar-refractivity contribution in [3.63, 3.8) is 0 Å². The molecule has 0 saturated heterocycles. The maximum Gasteiger partial charge on any atom is 0.261 e. The lowest BCUT2D eigenvalue weighted by Crippen LogP contribution is -2.12. The number of benzene rings is 2. The number of carbonyl (C=O) groups excluding carboxylic acids is 1. The van der Waals surface area contributed by atoms with Gasteiger partial charge in [0.1, 0.15) is 0 Å². The zero-order valence-corrected chi connectivity index (χ0v) is 16.5. The first-order chi connectivity index (χ1) is 12.9. The molecule has 0 radical (unpaired) electrons. The van der Waals surface area contributed by atoms with E-state index in [1.807, 2.05) is 18.4 Å². The molecule has 0 bridgehead atoms. The highest BCUT2D eigenvalue weighted by molar-refractivity contribution is 7.92. The van der Waals surface area contributed by atoms with Crippen molar-refractivity contribution in [3.05, 3.63) is 59.5 Å². The highest BCUT2D eigenvalue weighted by atomic mass is 32.2. The molecule has 27 heavy (non-hydrogen) atoms. The van der Waals surface area contributed by atoms with E-state index in [9.17, 15) is 13.2 Å². The van der Waals surface area contributed by atoms with Gasteiger partial charge in [0.15, 0.2) is 5.13 Å². The fourth-order valence-electron chi connectivity index (χ4n) is 2.34. The molecule has 3 aromatic rings. The van der Waals surface area contributed by atoms with Crippen molar-refractivity contribution in [2.24, 2.45) is 0 Å². The summed E-state index contributed by atoms with van der Waals surface area (Å²) in [5.41, 5.74) is 2.86. The fraction of sp³-hybridized carbons (Fsp3) is 0.158. The van der Waals surface area contributed by atoms with Crippen molar-refractivity contribution in [2.45, 2.75) is 25.2 Å². The van der Waals surface area contributed by atoms with Gasteiger partial charge >= 0.3 is 0 Å². The quantitative estimate of drug-likeness (QED) is 0.646. The predicted molar refractivity (Wildman–Crippen MR) is 108 cm³/mol. The van der Waals surface area contributed by atoms with Gasteiger partial charge in [0, 0.05) is 23.1 Å². The van der Waals surface area contributed by atoms with Crippen LogP contribution in [-0.4, -0.2) is 19.3 Å². The summed E-state index contributed by atoms with van der Waals surface area (Å²) in [5, 5.41) is 5.05. The van der Waals surface area contributed by atoms with Gasteiger partial charge in [0.25, 0.3) is 10.0 Å². The van der Waals surface area contributed by atoms with Crippen LogP contribution in [0.15, 0.2) is 58.8 Å². The number of carbonyl (C=O) groups is 1. The lowest BCUT2D eigenvalue weighted by Gasteiger charge is -2.09. The Labute approximate surface area is 162 Å². The van der Waals surface area contributed by atoms with Crippen molar-refractivity contribution in [3.8, 4) is 11.3 Å². The van der Waals surface area contributed by atoms with Gasteiger partial charge in [-0.1, -0.05) is 36.8 Å². The van der Waals surface area contributed by atoms with Gasteiger partial charge in [-0.3, -0.25) is 9.52 Å². The summed E-state index contributed by atoms with van der Waals surface area (Å²) in [6, 6.07) is 13.7. The van der Waals surface area contributed by atoms with E-state index in [0.29, 0.717) is 22.9 Å². The molecule has 0 fully saturated rings. The number of anilines is 2. The smallest absolute Gasteiger partial charge is 0.261 e. The molecule has 0 aliphatic carbocycles. The molecular formula is C19H19N3O3S2. The molecule has 3 rings (SSSR count). The Balaban J connectivity index is 1.81. The van der Waals surface area contributed by atoms with Crippen LogP contribution in [0.1, 0.15) is 18.9 Å². The third-order valence-electron chi connectivity index (χ3n) is 3.81. The van der Waals surface area contributed by atoms with Crippen molar-refractivity contribution >= 4 is 38.1 Å². The Morgan fingerprint density at radius 3 is 2.59 bits per heavy atom. The van der Waals surface area contributed by atoms with Gasteiger partial charge in [0.05, 0.1) is 10.6 Å². The second kappa shape index (κ2) is 7.89. The number of rotatable bonds is 6. The molecule has 2 N–H and O–H groups in total. The van der Waals surface area contributed by atoms with Crippen LogP contribution in [-0.2, 0) is 14.8 Å². The minimum Gasteiger partial charge on any atom is -0.302 e. The summed E-state index contributed by atoms with van der Waals surface area (Å²) in [6.45, 7) is 3.67. The normalized spacial score (nSPS) is 11.2. The van der Waals surface area contributed by atoms with Gasteiger partial charge in [-0.05, 0) is 31.2 Å². The predicted octanol–water partition coefficient (Wildman–Crippen LogP) is 4.27. The summed E-state index contributed by atoms with van der Waals surface area (Å²) in [7, 11) is -3.67. The molecule has 0 saturated carbocycles. The Morgan fingerprint density at radius 1 is 1.15 bits per heavy atom. The first-order valence-corrected chi connectivity index (χ1v) is 10.7. The van der Waals surface area contributed by atoms with Gasteiger partial charge in [0.2, 0.25) is 5.91 Å². The molecule has 6 nitrogen and oxygen atoms in total. The minimum atomic E-state index is -3.67. The fourth-order valence-corrected chi connectivity index (χ4v) is 4.13. The lowest BCUT2D eigenvalue weighted by atomic mass is 10.1. The first-order valence-electron chi connectivity index (χ1n) is 8.32. The summed E-state index contributed by atoms with van der Waals surface area (Å²) in [6.07, 6.45) is 0.380. The van der Waals surface area contributed by atoms with Gasteiger partial charge in [-0.2, -0.15) is 0 Å². The second-order valence-corrected chi connectivity index (χ2v) is 8.48. The zero-order valence-electron chi connectivity index (χ0n) is 14.9. The van der Waals surface area contributed by atoms with Crippen molar-refractivity contribution in [1.29, 1.82) is 0 Å². The number of hydrogen-bond donors (Lipinski definition) is 2. The van der Waals surface area contributed by atoms with Crippen LogP contribution in [0, 0.1) is 6.92 Å². The van der Waals surface area contributed by atoms with E-state index < -0.39 is 10.0 Å². The second-order valence-electron chi connectivity index (χ2n) is 5.94. The number of nitrogens with zero attached hydrogens (tertiary/aromatic N) is 1. The third-order valence-corrected chi connectivity index (χ3v) is 5.97. The highest BCUT2D eigenvalue weighted by Gasteiger charge is 2.14. The minimum absolute atomic E-state index is 0.101. The van der Waals surface area contributed by atoms with Crippen molar-refractivity contribution in [1.82, 2.24) is 4.98 Å². The van der Waals surface area contributed by atoms with Crippen molar-refractivity contribution in [2.75, 3.05) is 10.0 Å². The number of sulfonamides is 1. The molecule has 1 heterocycles. The molecule has 0 unspecified atom stereocenters. The molecular weight excluding hydrogens is 382 g/mol. The van der Waals surface area contributed by atoms with Crippen LogP contribution in [0.3, 0.4) is 0 Å². The van der Waals surface area contributed by atoms with E-state index in [-0.39, 0.29) is 10.8 Å². The van der Waals surface area contributed by atoms with Crippen LogP contribution in [0.25, 0.3) is 11.3 Å². The molecule has 140 valence electrons. The van der Waals surface area contributed by atoms with Crippen molar-refractivity contribution < 1.29 is 13.2 Å². The van der Waals surface area contributed by atoms with Crippen LogP contribution in [0.4, 0.5) is 10.8 Å². The van der Waals surface area contributed by atoms with E-state index in [2.05, 4.69) is 15.0 Å². The summed E-state index contributed by atoms with van der Waals surface area (Å²) >= 11 is 1.32. The van der Waals surface area contributed by atoms with E-state index in [1.165, 1.54) is 11.3 Å². The summed E-state index contributed by atoms with van der Waals surface area (Å²) in [4.78, 5) is 16.1. The monoisotopic (exact) mass is 401 g/mol. The number of aryl methyl sites for hydroxylation is 1. The highest BCUT2D eigenvalue weighted by Crippen LogP contribution is 2.27. The maximum absolute atomic E-state index is 12.5. The number of hydrogen-bond acceptors (Lipinski definition) is 5. The standard InChI is InChI=1S/C19H19N3O3S2/c1-3-18(23)21-19-20-17(12-26-19)14-5-4-6-15(11-14)22-27(24,25)16-9-7-13(2)8-10-16/h4-12,22H,3H2,1-2H3,(H,20,21,23). The van der Waals surface area contributed by atoms with Crippen LogP contribution in [0.2, 0.25) is 0 Å². The number of thiazole rings is 1. The van der Waals surface area contributed by atoms with E-state index in [0.717, 1.165) is 11.1 Å². The number of nitrogens with one attached hydrogen (secondary N) is 2. The number of aromatic nitrogens is 1. The SMILES string of the molecule is CCC(=O)Nc1nc(-c2cccc(NS(=O)(=O)c3ccc(C)cc3)c2)cs1. The van der Waals surface area contributed by atoms with Crippen LogP contribution in [0.5, 0.6) is 0 Å². The maximum atomic E-state index is 12.5. The Hall–Kier alpha value is -2.71. The largest absolute Gasteiger partial charge is 0.302 e. The van der Waals surface area contributed by atoms with E-state index >= 15 is 0 Å². The van der Waals surface area contributed by atoms with Crippen LogP contribution >= 0.6 is 11.3 Å². The molecule has 2 aromatic carbocycles. The van der Waals surface area contributed by atoms with Gasteiger partial charge < -0.3 is 5.32 Å². The summed E-state index contributed by atoms with van der Waals surface area (Å²) in [5.74, 6) is -0.101. The van der Waals surface area contributed by atoms with E-state index in [4.69, 9.17) is 0 Å². The van der Waals surface area contributed by atoms with E-state index in [1.54, 1.807) is 49.4 Å². The van der Waals surface area contributed by atoms with Crippen LogP contribution < -0.4 is 10.0 Å². The zero-order chi connectivity index (χ0) is 19.4. The molecule has 0 spiro atoms. The topological polar surface area (TPSA) is 88.2 Å². The first kappa shape index (κ1) is 19.1. The average Bonchev–Trinajstić information content (AvgIpc) is 3.10. The molecule has 8 heteroatoms. The number of amides is 1. The Morgan fingerprint density at radius 2 is 1.89 bits per heavy atom. The molecule has 0 aliphatic rings. The Kier molecular flexibility index (Phi) is 5.57. The van der Waals surface area contributed by atoms with Gasteiger partial charge in [-0.15, -0.1) is 11.3 Å². The molecule has 1 amide bonds. The third kappa shape index (κ3) is 4.72. The Bertz CT molecular complexity index is 1060. The summed E-state index contributed by atoms with van der Waals surface area (Å²) < 4.78 is 27.7. The lowest BCUT2D eigenvalue weighted by molar-refractivity contribution is -0.115.